The molecule has 2 aliphatic rings. The van der Waals surface area contributed by atoms with Crippen molar-refractivity contribution in [1.29, 1.82) is 0 Å². The average Bonchev–Trinajstić information content (AvgIpc) is 2.94. The van der Waals surface area contributed by atoms with Crippen molar-refractivity contribution in [3.8, 4) is 0 Å². The number of amides is 1. The number of morpholine rings is 1. The van der Waals surface area contributed by atoms with Crippen LogP contribution < -0.4 is 10.2 Å². The highest BCUT2D eigenvalue weighted by Gasteiger charge is 2.33. The number of rotatable bonds is 4. The number of nitrogens with zero attached hydrogens (tertiary/aromatic N) is 1. The molecule has 0 spiro atoms. The molecule has 0 bridgehead atoms. The van der Waals surface area contributed by atoms with Gasteiger partial charge in [-0.3, -0.25) is 4.79 Å². The van der Waals surface area contributed by atoms with Gasteiger partial charge >= 0.3 is 0 Å². The number of hydrogen-bond acceptors (Lipinski definition) is 4. The van der Waals surface area contributed by atoms with Crippen molar-refractivity contribution in [2.75, 3.05) is 36.5 Å². The lowest BCUT2D eigenvalue weighted by Gasteiger charge is -2.30. The highest BCUT2D eigenvalue weighted by atomic mass is 16.5. The monoisotopic (exact) mass is 304 g/mol. The minimum absolute atomic E-state index is 0.106. The topological polar surface area (TPSA) is 61.8 Å². The Kier molecular flexibility index (Phi) is 4.64. The third-order valence-electron chi connectivity index (χ3n) is 4.55. The summed E-state index contributed by atoms with van der Waals surface area (Å²) < 4.78 is 5.38. The molecule has 1 saturated heterocycles. The van der Waals surface area contributed by atoms with E-state index in [1.807, 2.05) is 24.3 Å². The van der Waals surface area contributed by atoms with Crippen LogP contribution in [0.15, 0.2) is 24.3 Å². The number of para-hydroxylation sites is 2. The summed E-state index contributed by atoms with van der Waals surface area (Å²) in [4.78, 5) is 14.5. The highest BCUT2D eigenvalue weighted by molar-refractivity contribution is 5.95. The van der Waals surface area contributed by atoms with Crippen molar-refractivity contribution in [3.63, 3.8) is 0 Å². The second-order valence-corrected chi connectivity index (χ2v) is 6.27. The lowest BCUT2D eigenvalue weighted by atomic mass is 9.97. The average molecular weight is 304 g/mol. The van der Waals surface area contributed by atoms with Crippen LogP contribution in [0.3, 0.4) is 0 Å². The smallest absolute Gasteiger partial charge is 0.227 e. The van der Waals surface area contributed by atoms with E-state index in [-0.39, 0.29) is 12.3 Å². The largest absolute Gasteiger partial charge is 0.389 e. The number of carbonyl (C=O) groups is 1. The molecule has 1 heterocycles. The van der Waals surface area contributed by atoms with Crippen LogP contribution in [-0.4, -0.2) is 42.9 Å². The Morgan fingerprint density at radius 1 is 1.23 bits per heavy atom. The van der Waals surface area contributed by atoms with Gasteiger partial charge in [-0.2, -0.15) is 0 Å². The van der Waals surface area contributed by atoms with Crippen LogP contribution >= 0.6 is 0 Å². The molecule has 0 unspecified atom stereocenters. The highest BCUT2D eigenvalue weighted by Crippen LogP contribution is 2.33. The van der Waals surface area contributed by atoms with Gasteiger partial charge in [0.25, 0.3) is 0 Å². The van der Waals surface area contributed by atoms with Crippen molar-refractivity contribution in [2.45, 2.75) is 37.7 Å². The van der Waals surface area contributed by atoms with Gasteiger partial charge in [0.05, 0.1) is 36.6 Å². The Bertz CT molecular complexity index is 520. The van der Waals surface area contributed by atoms with E-state index in [1.54, 1.807) is 0 Å². The molecule has 22 heavy (non-hydrogen) atoms. The zero-order chi connectivity index (χ0) is 15.4. The van der Waals surface area contributed by atoms with E-state index in [9.17, 15) is 9.90 Å². The summed E-state index contributed by atoms with van der Waals surface area (Å²) in [6, 6.07) is 7.83. The van der Waals surface area contributed by atoms with E-state index in [1.165, 1.54) is 0 Å². The summed E-state index contributed by atoms with van der Waals surface area (Å²) in [6.45, 7) is 3.08. The van der Waals surface area contributed by atoms with Crippen molar-refractivity contribution in [2.24, 2.45) is 0 Å². The summed E-state index contributed by atoms with van der Waals surface area (Å²) in [6.07, 6.45) is 3.66. The van der Waals surface area contributed by atoms with Crippen molar-refractivity contribution < 1.29 is 14.6 Å². The fraction of sp³-hybridized carbons (Fsp3) is 0.588. The first-order chi connectivity index (χ1) is 10.7. The lowest BCUT2D eigenvalue weighted by Crippen LogP contribution is -2.37. The van der Waals surface area contributed by atoms with Gasteiger partial charge in [-0.15, -0.1) is 0 Å². The van der Waals surface area contributed by atoms with E-state index in [2.05, 4.69) is 10.2 Å². The molecule has 5 heteroatoms. The molecule has 1 aliphatic heterocycles. The zero-order valence-electron chi connectivity index (χ0n) is 12.9. The van der Waals surface area contributed by atoms with E-state index >= 15 is 0 Å². The van der Waals surface area contributed by atoms with Crippen LogP contribution in [0.1, 0.15) is 32.1 Å². The molecule has 1 amide bonds. The standard InChI is InChI=1S/C17H24N2O3/c20-16(13-17(21)7-3-4-8-17)18-14-5-1-2-6-15(14)19-9-11-22-12-10-19/h1-2,5-6,21H,3-4,7-13H2,(H,18,20). The summed E-state index contributed by atoms with van der Waals surface area (Å²) in [5.41, 5.74) is 1.03. The number of aliphatic hydroxyl groups is 1. The quantitative estimate of drug-likeness (QED) is 0.895. The van der Waals surface area contributed by atoms with Crippen LogP contribution in [0.5, 0.6) is 0 Å². The second-order valence-electron chi connectivity index (χ2n) is 6.27. The maximum atomic E-state index is 12.3. The maximum absolute atomic E-state index is 12.3. The fourth-order valence-corrected chi connectivity index (χ4v) is 3.36. The van der Waals surface area contributed by atoms with Crippen LogP contribution in [0, 0.1) is 0 Å². The van der Waals surface area contributed by atoms with Gasteiger partial charge in [-0.05, 0) is 25.0 Å². The van der Waals surface area contributed by atoms with Gasteiger partial charge in [0.15, 0.2) is 0 Å². The SMILES string of the molecule is O=C(CC1(O)CCCC1)Nc1ccccc1N1CCOCC1. The Morgan fingerprint density at radius 3 is 2.64 bits per heavy atom. The van der Waals surface area contributed by atoms with Crippen molar-refractivity contribution in [3.05, 3.63) is 24.3 Å². The number of anilines is 2. The predicted octanol–water partition coefficient (Wildman–Crippen LogP) is 2.16. The molecular formula is C17H24N2O3. The summed E-state index contributed by atoms with van der Waals surface area (Å²) >= 11 is 0. The van der Waals surface area contributed by atoms with Gasteiger partial charge < -0.3 is 20.1 Å². The summed E-state index contributed by atoms with van der Waals surface area (Å²) in [5, 5.41) is 13.3. The first-order valence-corrected chi connectivity index (χ1v) is 8.10. The minimum atomic E-state index is -0.808. The van der Waals surface area contributed by atoms with E-state index in [4.69, 9.17) is 4.74 Å². The van der Waals surface area contributed by atoms with Crippen molar-refractivity contribution in [1.82, 2.24) is 0 Å². The van der Waals surface area contributed by atoms with E-state index in [0.717, 1.165) is 50.1 Å². The molecule has 0 atom stereocenters. The normalized spacial score (nSPS) is 20.9. The molecule has 120 valence electrons. The van der Waals surface area contributed by atoms with E-state index in [0.29, 0.717) is 13.2 Å². The van der Waals surface area contributed by atoms with Crippen LogP contribution in [0.2, 0.25) is 0 Å². The Hall–Kier alpha value is -1.59. The molecular weight excluding hydrogens is 280 g/mol. The molecule has 1 saturated carbocycles. The van der Waals surface area contributed by atoms with Gasteiger partial charge in [-0.1, -0.05) is 25.0 Å². The van der Waals surface area contributed by atoms with Crippen molar-refractivity contribution >= 4 is 17.3 Å². The molecule has 1 aromatic carbocycles. The van der Waals surface area contributed by atoms with Gasteiger partial charge in [0.2, 0.25) is 5.91 Å². The molecule has 3 rings (SSSR count). The third-order valence-corrected chi connectivity index (χ3v) is 4.55. The fourth-order valence-electron chi connectivity index (χ4n) is 3.36. The lowest BCUT2D eigenvalue weighted by molar-refractivity contribution is -0.120. The Labute approximate surface area is 131 Å². The van der Waals surface area contributed by atoms with Crippen LogP contribution in [-0.2, 0) is 9.53 Å². The zero-order valence-corrected chi connectivity index (χ0v) is 12.9. The summed E-state index contributed by atoms with van der Waals surface area (Å²) in [5.74, 6) is -0.106. The number of hydrogen-bond donors (Lipinski definition) is 2. The Morgan fingerprint density at radius 2 is 1.91 bits per heavy atom. The number of ether oxygens (including phenoxy) is 1. The third kappa shape index (κ3) is 3.59. The number of carbonyl (C=O) groups excluding carboxylic acids is 1. The molecule has 0 radical (unpaired) electrons. The first-order valence-electron chi connectivity index (χ1n) is 8.10. The molecule has 2 N–H and O–H groups in total. The van der Waals surface area contributed by atoms with Gasteiger partial charge in [-0.25, -0.2) is 0 Å². The van der Waals surface area contributed by atoms with Gasteiger partial charge in [0.1, 0.15) is 0 Å². The molecule has 0 aromatic heterocycles. The molecule has 5 nitrogen and oxygen atoms in total. The maximum Gasteiger partial charge on any atom is 0.227 e. The van der Waals surface area contributed by atoms with Crippen LogP contribution in [0.25, 0.3) is 0 Å². The number of benzene rings is 1. The summed E-state index contributed by atoms with van der Waals surface area (Å²) in [7, 11) is 0. The number of nitrogens with one attached hydrogen (secondary N) is 1. The van der Waals surface area contributed by atoms with Gasteiger partial charge in [0, 0.05) is 13.1 Å². The Balaban J connectivity index is 1.67. The molecule has 2 fully saturated rings. The molecule has 1 aliphatic carbocycles. The second kappa shape index (κ2) is 6.67. The van der Waals surface area contributed by atoms with E-state index < -0.39 is 5.60 Å². The predicted molar refractivity (Wildman–Crippen MR) is 86.1 cm³/mol. The molecule has 1 aromatic rings. The minimum Gasteiger partial charge on any atom is -0.389 e. The first kappa shape index (κ1) is 15.3. The van der Waals surface area contributed by atoms with Crippen LogP contribution in [0.4, 0.5) is 11.4 Å².